The van der Waals surface area contributed by atoms with E-state index in [9.17, 15) is 0 Å². The summed E-state index contributed by atoms with van der Waals surface area (Å²) < 4.78 is 5.27. The van der Waals surface area contributed by atoms with Crippen molar-refractivity contribution >= 4 is 0 Å². The molecule has 3 unspecified atom stereocenters. The van der Waals surface area contributed by atoms with Crippen molar-refractivity contribution in [3.63, 3.8) is 0 Å². The Balaban J connectivity index is 1.68. The maximum atomic E-state index is 5.27. The maximum Gasteiger partial charge on any atom is 0.194 e. The van der Waals surface area contributed by atoms with E-state index in [-0.39, 0.29) is 0 Å². The third-order valence-corrected chi connectivity index (χ3v) is 3.39. The molecule has 3 nitrogen and oxygen atoms in total. The summed E-state index contributed by atoms with van der Waals surface area (Å²) in [6.45, 7) is 3.88. The Kier molecular flexibility index (Phi) is 1.65. The Hall–Kier alpha value is -0.830. The number of oxazole rings is 1. The first-order valence-electron chi connectivity index (χ1n) is 5.02. The van der Waals surface area contributed by atoms with Gasteiger partial charge in [0.2, 0.25) is 0 Å². The zero-order valence-corrected chi connectivity index (χ0v) is 7.65. The van der Waals surface area contributed by atoms with E-state index in [4.69, 9.17) is 4.42 Å². The molecule has 2 aliphatic heterocycles. The Morgan fingerprint density at radius 3 is 3.15 bits per heavy atom. The van der Waals surface area contributed by atoms with E-state index in [0.29, 0.717) is 0 Å². The molecule has 2 bridgehead atoms. The zero-order chi connectivity index (χ0) is 8.67. The van der Waals surface area contributed by atoms with Crippen LogP contribution in [-0.2, 0) is 6.42 Å². The number of hydrogen-bond acceptors (Lipinski definition) is 3. The van der Waals surface area contributed by atoms with Gasteiger partial charge in [-0.2, -0.15) is 0 Å². The highest BCUT2D eigenvalue weighted by Crippen LogP contribution is 2.34. The lowest BCUT2D eigenvalue weighted by Crippen LogP contribution is -2.24. The smallest absolute Gasteiger partial charge is 0.194 e. The van der Waals surface area contributed by atoms with E-state index in [1.807, 2.05) is 0 Å². The monoisotopic (exact) mass is 178 g/mol. The molecule has 70 valence electrons. The lowest BCUT2D eigenvalue weighted by atomic mass is 9.90. The second-order valence-corrected chi connectivity index (χ2v) is 4.20. The number of piperidine rings is 1. The van der Waals surface area contributed by atoms with Gasteiger partial charge in [0.15, 0.2) is 5.89 Å². The lowest BCUT2D eigenvalue weighted by Gasteiger charge is -2.20. The summed E-state index contributed by atoms with van der Waals surface area (Å²) in [5.41, 5.74) is 0. The van der Waals surface area contributed by atoms with Crippen LogP contribution in [0.5, 0.6) is 0 Å². The summed E-state index contributed by atoms with van der Waals surface area (Å²) in [6.07, 6.45) is 5.82. The molecule has 2 fully saturated rings. The van der Waals surface area contributed by atoms with Gasteiger partial charge < -0.3 is 9.32 Å². The van der Waals surface area contributed by atoms with Crippen LogP contribution in [0.3, 0.4) is 0 Å². The van der Waals surface area contributed by atoms with E-state index in [0.717, 1.165) is 24.1 Å². The average Bonchev–Trinajstić information content (AvgIpc) is 2.77. The second-order valence-electron chi connectivity index (χ2n) is 4.20. The minimum Gasteiger partial charge on any atom is -0.449 e. The zero-order valence-electron chi connectivity index (χ0n) is 7.65. The molecule has 13 heavy (non-hydrogen) atoms. The standard InChI is InChI=1S/C10H14N2O/c1-3-12-6-8(1)9(7-12)5-10-11-2-4-13-10/h2,4,8-9H,1,3,5-7H2. The molecule has 2 saturated heterocycles. The Labute approximate surface area is 77.7 Å². The molecule has 2 aliphatic rings. The summed E-state index contributed by atoms with van der Waals surface area (Å²) in [6, 6.07) is 0. The fraction of sp³-hybridized carbons (Fsp3) is 0.700. The van der Waals surface area contributed by atoms with Gasteiger partial charge in [-0.25, -0.2) is 4.98 Å². The van der Waals surface area contributed by atoms with Crippen LogP contribution in [0.15, 0.2) is 16.9 Å². The van der Waals surface area contributed by atoms with Crippen molar-refractivity contribution in [1.82, 2.24) is 9.88 Å². The van der Waals surface area contributed by atoms with Crippen LogP contribution in [0.1, 0.15) is 12.3 Å². The van der Waals surface area contributed by atoms with Crippen molar-refractivity contribution in [1.29, 1.82) is 0 Å². The van der Waals surface area contributed by atoms with Gasteiger partial charge in [-0.3, -0.25) is 0 Å². The van der Waals surface area contributed by atoms with Crippen molar-refractivity contribution in [3.8, 4) is 0 Å². The first kappa shape index (κ1) is 7.56. The normalized spacial score (nSPS) is 37.1. The van der Waals surface area contributed by atoms with Gasteiger partial charge in [-0.15, -0.1) is 0 Å². The molecular formula is C10H14N2O. The van der Waals surface area contributed by atoms with Crippen molar-refractivity contribution in [2.75, 3.05) is 19.6 Å². The van der Waals surface area contributed by atoms with E-state index >= 15 is 0 Å². The molecule has 1 aromatic heterocycles. The van der Waals surface area contributed by atoms with Gasteiger partial charge in [-0.05, 0) is 24.8 Å². The van der Waals surface area contributed by atoms with Crippen LogP contribution in [0.25, 0.3) is 0 Å². The van der Waals surface area contributed by atoms with Crippen molar-refractivity contribution in [3.05, 3.63) is 18.4 Å². The first-order valence-corrected chi connectivity index (χ1v) is 5.02. The van der Waals surface area contributed by atoms with Crippen LogP contribution in [0, 0.1) is 11.8 Å². The Morgan fingerprint density at radius 1 is 1.54 bits per heavy atom. The predicted molar refractivity (Wildman–Crippen MR) is 48.2 cm³/mol. The minimum absolute atomic E-state index is 0.799. The van der Waals surface area contributed by atoms with Crippen LogP contribution >= 0.6 is 0 Å². The fourth-order valence-electron chi connectivity index (χ4n) is 2.70. The summed E-state index contributed by atoms with van der Waals surface area (Å²) in [7, 11) is 0. The van der Waals surface area contributed by atoms with Crippen LogP contribution in [0.4, 0.5) is 0 Å². The largest absolute Gasteiger partial charge is 0.449 e. The van der Waals surface area contributed by atoms with Gasteiger partial charge in [-0.1, -0.05) is 0 Å². The average molecular weight is 178 g/mol. The third kappa shape index (κ3) is 1.27. The molecule has 3 heterocycles. The molecule has 0 aliphatic carbocycles. The van der Waals surface area contributed by atoms with Gasteiger partial charge in [0.25, 0.3) is 0 Å². The molecule has 0 amide bonds. The quantitative estimate of drug-likeness (QED) is 0.680. The Morgan fingerprint density at radius 2 is 2.54 bits per heavy atom. The number of nitrogens with zero attached hydrogens (tertiary/aromatic N) is 2. The van der Waals surface area contributed by atoms with Crippen molar-refractivity contribution < 1.29 is 4.42 Å². The molecule has 1 aromatic rings. The molecule has 0 N–H and O–H groups in total. The fourth-order valence-corrected chi connectivity index (χ4v) is 2.70. The number of rotatable bonds is 2. The first-order chi connectivity index (χ1) is 6.42. The van der Waals surface area contributed by atoms with Gasteiger partial charge in [0, 0.05) is 19.5 Å². The van der Waals surface area contributed by atoms with Crippen LogP contribution in [0.2, 0.25) is 0 Å². The minimum atomic E-state index is 0.799. The third-order valence-electron chi connectivity index (χ3n) is 3.39. The molecule has 0 aromatic carbocycles. The van der Waals surface area contributed by atoms with E-state index in [1.165, 1.54) is 26.1 Å². The lowest BCUT2D eigenvalue weighted by molar-refractivity contribution is 0.286. The molecule has 0 radical (unpaired) electrons. The number of hydrogen-bond donors (Lipinski definition) is 0. The SMILES string of the molecule is c1coc(CC2CN3CCC2C3)n1. The topological polar surface area (TPSA) is 29.3 Å². The molecule has 3 rings (SSSR count). The predicted octanol–water partition coefficient (Wildman–Crippen LogP) is 1.17. The van der Waals surface area contributed by atoms with Crippen LogP contribution < -0.4 is 0 Å². The van der Waals surface area contributed by atoms with Crippen molar-refractivity contribution in [2.45, 2.75) is 12.8 Å². The molecular weight excluding hydrogens is 164 g/mol. The summed E-state index contributed by atoms with van der Waals surface area (Å²) in [5.74, 6) is 2.62. The Bertz CT molecular complexity index is 283. The maximum absolute atomic E-state index is 5.27. The van der Waals surface area contributed by atoms with Gasteiger partial charge >= 0.3 is 0 Å². The highest BCUT2D eigenvalue weighted by atomic mass is 16.3. The molecule has 0 saturated carbocycles. The van der Waals surface area contributed by atoms with Gasteiger partial charge in [0.1, 0.15) is 6.26 Å². The second kappa shape index (κ2) is 2.84. The van der Waals surface area contributed by atoms with Crippen molar-refractivity contribution in [2.24, 2.45) is 11.8 Å². The molecule has 0 spiro atoms. The van der Waals surface area contributed by atoms with E-state index < -0.39 is 0 Å². The summed E-state index contributed by atoms with van der Waals surface area (Å²) >= 11 is 0. The van der Waals surface area contributed by atoms with Crippen LogP contribution in [-0.4, -0.2) is 29.5 Å². The van der Waals surface area contributed by atoms with Gasteiger partial charge in [0.05, 0.1) is 6.20 Å². The molecule has 3 heteroatoms. The summed E-state index contributed by atoms with van der Waals surface area (Å²) in [5, 5.41) is 0. The summed E-state index contributed by atoms with van der Waals surface area (Å²) in [4.78, 5) is 6.73. The highest BCUT2D eigenvalue weighted by Gasteiger charge is 2.38. The van der Waals surface area contributed by atoms with E-state index in [2.05, 4.69) is 9.88 Å². The highest BCUT2D eigenvalue weighted by molar-refractivity contribution is 4.95. The number of aromatic nitrogens is 1. The van der Waals surface area contributed by atoms with E-state index in [1.54, 1.807) is 12.5 Å². The molecule has 3 atom stereocenters. The number of fused-ring (bicyclic) bond motifs is 2.